The van der Waals surface area contributed by atoms with Crippen LogP contribution in [-0.4, -0.2) is 21.6 Å². The number of nitrogens with one attached hydrogen (secondary N) is 2. The van der Waals surface area contributed by atoms with Gasteiger partial charge in [-0.25, -0.2) is 4.98 Å². The number of aromatic nitrogens is 1. The Labute approximate surface area is 214 Å². The molecule has 35 heavy (non-hydrogen) atoms. The van der Waals surface area contributed by atoms with Crippen LogP contribution in [0.3, 0.4) is 0 Å². The molecule has 2 N–H and O–H groups in total. The van der Waals surface area contributed by atoms with Crippen molar-refractivity contribution >= 4 is 51.6 Å². The lowest BCUT2D eigenvalue weighted by atomic mass is 10.1. The Morgan fingerprint density at radius 2 is 1.74 bits per heavy atom. The molecule has 1 heterocycles. The van der Waals surface area contributed by atoms with E-state index in [-0.39, 0.29) is 11.0 Å². The lowest BCUT2D eigenvalue weighted by Gasteiger charge is -2.25. The van der Waals surface area contributed by atoms with Gasteiger partial charge in [0.05, 0.1) is 0 Å². The van der Waals surface area contributed by atoms with Gasteiger partial charge in [-0.3, -0.25) is 10.1 Å². The molecule has 3 aromatic carbocycles. The van der Waals surface area contributed by atoms with Crippen LogP contribution in [0.4, 0.5) is 5.69 Å². The highest BCUT2D eigenvalue weighted by atomic mass is 35.5. The zero-order valence-electron chi connectivity index (χ0n) is 19.7. The first kappa shape index (κ1) is 24.7. The number of halogens is 1. The summed E-state index contributed by atoms with van der Waals surface area (Å²) in [5.41, 5.74) is 3.56. The van der Waals surface area contributed by atoms with E-state index in [1.54, 1.807) is 38.1 Å². The third-order valence-electron chi connectivity index (χ3n) is 5.43. The van der Waals surface area contributed by atoms with Crippen molar-refractivity contribution in [1.82, 2.24) is 10.3 Å². The Kier molecular flexibility index (Phi) is 7.38. The standard InChI is InChI=1S/C27H26ClN3O3S/c1-4-17-7-14-23-22(15-17)30-24(33-23)16-18-5-10-20(11-6-18)29-26(35)31-25(32)27(2,3)34-21-12-8-19(28)9-13-21/h5-15H,4,16H2,1-3H3,(H2,29,31,32,35). The summed E-state index contributed by atoms with van der Waals surface area (Å²) in [4.78, 5) is 17.3. The summed E-state index contributed by atoms with van der Waals surface area (Å²) in [5, 5.41) is 6.49. The normalized spacial score (nSPS) is 11.3. The van der Waals surface area contributed by atoms with Crippen LogP contribution in [-0.2, 0) is 17.6 Å². The van der Waals surface area contributed by atoms with Crippen molar-refractivity contribution in [3.05, 3.63) is 88.8 Å². The highest BCUT2D eigenvalue weighted by molar-refractivity contribution is 7.80. The maximum absolute atomic E-state index is 12.7. The molecule has 0 aliphatic carbocycles. The highest BCUT2D eigenvalue weighted by Crippen LogP contribution is 2.22. The Hall–Kier alpha value is -3.42. The molecular formula is C27H26ClN3O3S. The third-order valence-corrected chi connectivity index (χ3v) is 5.89. The number of amides is 1. The predicted molar refractivity (Wildman–Crippen MR) is 143 cm³/mol. The summed E-state index contributed by atoms with van der Waals surface area (Å²) in [6.07, 6.45) is 1.54. The van der Waals surface area contributed by atoms with E-state index in [9.17, 15) is 4.79 Å². The first-order valence-corrected chi connectivity index (χ1v) is 12.0. The van der Waals surface area contributed by atoms with Gasteiger partial charge < -0.3 is 14.5 Å². The molecule has 0 fully saturated rings. The van der Waals surface area contributed by atoms with E-state index < -0.39 is 5.60 Å². The number of oxazole rings is 1. The van der Waals surface area contributed by atoms with Crippen molar-refractivity contribution in [1.29, 1.82) is 0 Å². The minimum Gasteiger partial charge on any atom is -0.478 e. The molecule has 6 nitrogen and oxygen atoms in total. The molecule has 0 spiro atoms. The second-order valence-corrected chi connectivity index (χ2v) is 9.46. The van der Waals surface area contributed by atoms with Gasteiger partial charge in [-0.15, -0.1) is 0 Å². The summed E-state index contributed by atoms with van der Waals surface area (Å²) < 4.78 is 11.7. The summed E-state index contributed by atoms with van der Waals surface area (Å²) in [6, 6.07) is 20.6. The van der Waals surface area contributed by atoms with Crippen LogP contribution in [0.2, 0.25) is 5.02 Å². The number of nitrogens with zero attached hydrogens (tertiary/aromatic N) is 1. The van der Waals surface area contributed by atoms with Crippen LogP contribution in [0.15, 0.2) is 71.1 Å². The number of hydrogen-bond acceptors (Lipinski definition) is 5. The van der Waals surface area contributed by atoms with Gasteiger partial charge in [-0.1, -0.05) is 36.7 Å². The molecule has 4 rings (SSSR count). The fraction of sp³-hybridized carbons (Fsp3) is 0.222. The van der Waals surface area contributed by atoms with Crippen LogP contribution in [0.1, 0.15) is 37.8 Å². The van der Waals surface area contributed by atoms with Crippen LogP contribution in [0.5, 0.6) is 5.75 Å². The van der Waals surface area contributed by atoms with Gasteiger partial charge >= 0.3 is 0 Å². The number of ether oxygens (including phenoxy) is 1. The molecular weight excluding hydrogens is 482 g/mol. The van der Waals surface area contributed by atoms with Crippen molar-refractivity contribution in [2.24, 2.45) is 0 Å². The summed E-state index contributed by atoms with van der Waals surface area (Å²) in [7, 11) is 0. The summed E-state index contributed by atoms with van der Waals surface area (Å²) in [5.74, 6) is 0.831. The van der Waals surface area contributed by atoms with Gasteiger partial charge in [0, 0.05) is 17.1 Å². The molecule has 0 saturated carbocycles. The number of benzene rings is 3. The molecule has 0 radical (unpaired) electrons. The Balaban J connectivity index is 1.32. The maximum atomic E-state index is 12.7. The molecule has 0 aliphatic rings. The average Bonchev–Trinajstić information content (AvgIpc) is 3.23. The van der Waals surface area contributed by atoms with E-state index in [2.05, 4.69) is 34.7 Å². The van der Waals surface area contributed by atoms with Crippen molar-refractivity contribution < 1.29 is 13.9 Å². The van der Waals surface area contributed by atoms with E-state index in [4.69, 9.17) is 33.0 Å². The van der Waals surface area contributed by atoms with Crippen LogP contribution < -0.4 is 15.4 Å². The Morgan fingerprint density at radius 3 is 2.43 bits per heavy atom. The van der Waals surface area contributed by atoms with Gasteiger partial charge in [0.15, 0.2) is 22.2 Å². The minimum absolute atomic E-state index is 0.182. The second-order valence-electron chi connectivity index (χ2n) is 8.61. The zero-order valence-corrected chi connectivity index (χ0v) is 21.3. The Bertz CT molecular complexity index is 1350. The fourth-order valence-corrected chi connectivity index (χ4v) is 3.79. The van der Waals surface area contributed by atoms with Gasteiger partial charge in [0.25, 0.3) is 5.91 Å². The molecule has 0 unspecified atom stereocenters. The number of rotatable bonds is 7. The van der Waals surface area contributed by atoms with E-state index in [0.29, 0.717) is 23.1 Å². The number of carbonyl (C=O) groups excluding carboxylic acids is 1. The minimum atomic E-state index is -1.14. The first-order valence-electron chi connectivity index (χ1n) is 11.3. The molecule has 0 bridgehead atoms. The van der Waals surface area contributed by atoms with Crippen molar-refractivity contribution in [2.45, 2.75) is 39.2 Å². The van der Waals surface area contributed by atoms with Crippen molar-refractivity contribution in [3.63, 3.8) is 0 Å². The number of anilines is 1. The van der Waals surface area contributed by atoms with E-state index in [1.165, 1.54) is 5.56 Å². The molecule has 0 saturated heterocycles. The molecule has 0 aliphatic heterocycles. The third kappa shape index (κ3) is 6.38. The lowest BCUT2D eigenvalue weighted by molar-refractivity contribution is -0.132. The van der Waals surface area contributed by atoms with E-state index in [1.807, 2.05) is 30.3 Å². The second kappa shape index (κ2) is 10.5. The molecule has 1 amide bonds. The largest absolute Gasteiger partial charge is 0.478 e. The van der Waals surface area contributed by atoms with Gasteiger partial charge in [-0.05, 0) is 92.1 Å². The van der Waals surface area contributed by atoms with Crippen LogP contribution >= 0.6 is 23.8 Å². The predicted octanol–water partition coefficient (Wildman–Crippen LogP) is 6.31. The number of aryl methyl sites for hydroxylation is 1. The SMILES string of the molecule is CCc1ccc2oc(Cc3ccc(NC(=S)NC(=O)C(C)(C)Oc4ccc(Cl)cc4)cc3)nc2c1. The number of thiocarbonyl (C=S) groups is 1. The molecule has 4 aromatic rings. The van der Waals surface area contributed by atoms with Gasteiger partial charge in [-0.2, -0.15) is 0 Å². The van der Waals surface area contributed by atoms with E-state index >= 15 is 0 Å². The quantitative estimate of drug-likeness (QED) is 0.286. The number of carbonyl (C=O) groups is 1. The number of fused-ring (bicyclic) bond motifs is 1. The zero-order chi connectivity index (χ0) is 25.0. The maximum Gasteiger partial charge on any atom is 0.269 e. The Morgan fingerprint density at radius 1 is 1.06 bits per heavy atom. The first-order chi connectivity index (χ1) is 16.7. The summed E-state index contributed by atoms with van der Waals surface area (Å²) >= 11 is 11.2. The molecule has 180 valence electrons. The highest BCUT2D eigenvalue weighted by Gasteiger charge is 2.30. The topological polar surface area (TPSA) is 76.4 Å². The van der Waals surface area contributed by atoms with Crippen LogP contribution in [0.25, 0.3) is 11.1 Å². The smallest absolute Gasteiger partial charge is 0.269 e. The van der Waals surface area contributed by atoms with Gasteiger partial charge in [0.1, 0.15) is 11.3 Å². The monoisotopic (exact) mass is 507 g/mol. The van der Waals surface area contributed by atoms with Gasteiger partial charge in [0.2, 0.25) is 0 Å². The number of hydrogen-bond donors (Lipinski definition) is 2. The average molecular weight is 508 g/mol. The molecule has 8 heteroatoms. The van der Waals surface area contributed by atoms with Crippen molar-refractivity contribution in [2.75, 3.05) is 5.32 Å². The lowest BCUT2D eigenvalue weighted by Crippen LogP contribution is -2.49. The fourth-order valence-electron chi connectivity index (χ4n) is 3.46. The molecule has 0 atom stereocenters. The molecule has 1 aromatic heterocycles. The summed E-state index contributed by atoms with van der Waals surface area (Å²) in [6.45, 7) is 5.46. The van der Waals surface area contributed by atoms with Crippen LogP contribution in [0, 0.1) is 0 Å². The van der Waals surface area contributed by atoms with E-state index in [0.717, 1.165) is 28.8 Å². The van der Waals surface area contributed by atoms with Crippen molar-refractivity contribution in [3.8, 4) is 5.75 Å².